The molecule has 1 heterocycles. The van der Waals surface area contributed by atoms with Crippen molar-refractivity contribution in [2.75, 3.05) is 39.1 Å². The Bertz CT molecular complexity index is 2410. The number of hydrogen-bond donors (Lipinski definition) is 2. The number of Topliss-reactive ketones (excluding diaryl/α,β-unsaturated/α-hetero) is 3. The maximum absolute atomic E-state index is 15.9. The number of allylic oxidation sites excluding steroid dienone is 2. The van der Waals surface area contributed by atoms with Crippen LogP contribution < -0.4 is 29.6 Å². The summed E-state index contributed by atoms with van der Waals surface area (Å²) < 4.78 is 23.0. The van der Waals surface area contributed by atoms with Crippen molar-refractivity contribution in [1.82, 2.24) is 0 Å². The van der Waals surface area contributed by atoms with Crippen LogP contribution in [-0.4, -0.2) is 51.3 Å². The molecular weight excluding hydrogens is 656 g/mol. The Morgan fingerprint density at radius 2 is 1.27 bits per heavy atom. The second-order valence-corrected chi connectivity index (χ2v) is 13.5. The van der Waals surface area contributed by atoms with Crippen molar-refractivity contribution < 1.29 is 33.3 Å². The summed E-state index contributed by atoms with van der Waals surface area (Å²) in [6.07, 6.45) is 0.313. The van der Waals surface area contributed by atoms with Crippen LogP contribution in [0.4, 0.5) is 11.4 Å². The minimum absolute atomic E-state index is 0.125. The molecular formula is C43H34N2O7. The van der Waals surface area contributed by atoms with Crippen LogP contribution in [0.2, 0.25) is 0 Å². The van der Waals surface area contributed by atoms with Gasteiger partial charge in [-0.15, -0.1) is 0 Å². The van der Waals surface area contributed by atoms with Crippen LogP contribution in [0, 0.1) is 0 Å². The SMILES string of the molecule is COc1cc(NC2=C([C@@]34C(=O)c5ccccc5[C@@H]3C3(Cc5ccccc5C3=O)Nc3cc(OC)cc(OC)c34)c3ccccc3C2=O)cc(OC)c1. The fourth-order valence-electron chi connectivity index (χ4n) is 9.18. The first-order valence-electron chi connectivity index (χ1n) is 17.0. The quantitative estimate of drug-likeness (QED) is 0.182. The Hall–Kier alpha value is -6.35. The van der Waals surface area contributed by atoms with E-state index >= 15 is 9.59 Å². The van der Waals surface area contributed by atoms with Gasteiger partial charge in [0.15, 0.2) is 11.6 Å². The zero-order valence-electron chi connectivity index (χ0n) is 29.0. The molecule has 5 aromatic rings. The second kappa shape index (κ2) is 11.3. The third-order valence-corrected chi connectivity index (χ3v) is 11.2. The average Bonchev–Trinajstić information content (AvgIpc) is 3.73. The molecule has 258 valence electrons. The van der Waals surface area contributed by atoms with E-state index < -0.39 is 16.9 Å². The van der Waals surface area contributed by atoms with Gasteiger partial charge in [0.2, 0.25) is 5.78 Å². The van der Waals surface area contributed by atoms with Gasteiger partial charge in [-0.3, -0.25) is 14.4 Å². The second-order valence-electron chi connectivity index (χ2n) is 13.5. The number of fused-ring (bicyclic) bond motifs is 8. The van der Waals surface area contributed by atoms with Crippen LogP contribution in [0.1, 0.15) is 59.2 Å². The van der Waals surface area contributed by atoms with Crippen LogP contribution in [0.5, 0.6) is 23.0 Å². The van der Waals surface area contributed by atoms with Gasteiger partial charge in [0.1, 0.15) is 34.0 Å². The van der Waals surface area contributed by atoms with Gasteiger partial charge in [0.05, 0.1) is 34.1 Å². The maximum atomic E-state index is 15.9. The van der Waals surface area contributed by atoms with Crippen molar-refractivity contribution in [3.05, 3.63) is 148 Å². The van der Waals surface area contributed by atoms with Gasteiger partial charge in [-0.2, -0.15) is 0 Å². The molecule has 0 fully saturated rings. The Balaban J connectivity index is 1.44. The van der Waals surface area contributed by atoms with Crippen molar-refractivity contribution in [1.29, 1.82) is 0 Å². The van der Waals surface area contributed by atoms with Gasteiger partial charge in [-0.05, 0) is 16.7 Å². The highest BCUT2D eigenvalue weighted by atomic mass is 16.5. The molecule has 3 aliphatic carbocycles. The van der Waals surface area contributed by atoms with Gasteiger partial charge >= 0.3 is 0 Å². The smallest absolute Gasteiger partial charge is 0.210 e. The summed E-state index contributed by atoms with van der Waals surface area (Å²) in [5.41, 5.74) is 3.00. The van der Waals surface area contributed by atoms with Gasteiger partial charge < -0.3 is 29.6 Å². The number of rotatable bonds is 7. The van der Waals surface area contributed by atoms with E-state index in [0.29, 0.717) is 74.2 Å². The molecule has 9 nitrogen and oxygen atoms in total. The molecule has 52 heavy (non-hydrogen) atoms. The lowest BCUT2D eigenvalue weighted by Crippen LogP contribution is -2.60. The van der Waals surface area contributed by atoms with Crippen molar-refractivity contribution >= 4 is 34.3 Å². The fraction of sp³-hybridized carbons (Fsp3) is 0.186. The number of nitrogens with one attached hydrogen (secondary N) is 2. The largest absolute Gasteiger partial charge is 0.497 e. The molecule has 2 N–H and O–H groups in total. The molecule has 0 radical (unpaired) electrons. The van der Waals surface area contributed by atoms with E-state index in [-0.39, 0.29) is 23.0 Å². The third-order valence-electron chi connectivity index (χ3n) is 11.2. The van der Waals surface area contributed by atoms with Crippen LogP contribution in [0.15, 0.2) is 109 Å². The lowest BCUT2D eigenvalue weighted by molar-refractivity contribution is 0.0829. The number of hydrogen-bond acceptors (Lipinski definition) is 9. The molecule has 9 heteroatoms. The zero-order valence-corrected chi connectivity index (χ0v) is 29.0. The lowest BCUT2D eigenvalue weighted by atomic mass is 9.54. The molecule has 0 amide bonds. The standard InChI is InChI=1S/C43H34N2O7/c1-49-25-17-24(18-26(19-25)50-2)44-37-35(29-13-7-8-14-30(29)38(37)46)43-36-33(20-27(51-3)21-34(36)52-4)45-42(22-23-11-5-6-12-28(23)40(42)47)39(43)31-15-9-10-16-32(31)41(43)48/h5-21,39,45H,22H2,1-4H3,(H,44,46)/t39-,42?,43+/m1/s1. The molecule has 0 aromatic heterocycles. The van der Waals surface area contributed by atoms with E-state index in [0.717, 1.165) is 11.1 Å². The summed E-state index contributed by atoms with van der Waals surface area (Å²) in [6.45, 7) is 0. The number of carbonyl (C=O) groups is 3. The molecule has 0 saturated heterocycles. The molecule has 0 bridgehead atoms. The minimum atomic E-state index is -1.63. The van der Waals surface area contributed by atoms with Crippen LogP contribution in [0.3, 0.4) is 0 Å². The van der Waals surface area contributed by atoms with Crippen LogP contribution in [-0.2, 0) is 11.8 Å². The molecule has 1 unspecified atom stereocenters. The van der Waals surface area contributed by atoms with Crippen LogP contribution >= 0.6 is 0 Å². The summed E-state index contributed by atoms with van der Waals surface area (Å²) in [5, 5.41) is 7.14. The summed E-state index contributed by atoms with van der Waals surface area (Å²) in [4.78, 5) is 45.9. The predicted molar refractivity (Wildman–Crippen MR) is 196 cm³/mol. The molecule has 4 aliphatic rings. The van der Waals surface area contributed by atoms with Crippen molar-refractivity contribution in [2.24, 2.45) is 0 Å². The summed E-state index contributed by atoms with van der Waals surface area (Å²) in [7, 11) is 6.22. The van der Waals surface area contributed by atoms with Crippen molar-refractivity contribution in [3.63, 3.8) is 0 Å². The Kier molecular flexibility index (Phi) is 6.89. The van der Waals surface area contributed by atoms with E-state index in [1.54, 1.807) is 58.8 Å². The van der Waals surface area contributed by atoms with E-state index in [1.165, 1.54) is 0 Å². The van der Waals surface area contributed by atoms with E-state index in [2.05, 4.69) is 10.6 Å². The van der Waals surface area contributed by atoms with Crippen LogP contribution in [0.25, 0.3) is 5.57 Å². The minimum Gasteiger partial charge on any atom is -0.497 e. The number of ether oxygens (including phenoxy) is 4. The Labute approximate surface area is 300 Å². The zero-order chi connectivity index (χ0) is 35.9. The average molecular weight is 691 g/mol. The molecule has 1 aliphatic heterocycles. The molecule has 1 spiro atoms. The highest BCUT2D eigenvalue weighted by molar-refractivity contribution is 6.31. The summed E-state index contributed by atoms with van der Waals surface area (Å²) >= 11 is 0. The molecule has 3 atom stereocenters. The third kappa shape index (κ3) is 4.01. The first kappa shape index (κ1) is 31.6. The predicted octanol–water partition coefficient (Wildman–Crippen LogP) is 7.26. The monoisotopic (exact) mass is 690 g/mol. The fourth-order valence-corrected chi connectivity index (χ4v) is 9.18. The number of carbonyl (C=O) groups excluding carboxylic acids is 3. The maximum Gasteiger partial charge on any atom is 0.210 e. The number of ketones is 3. The highest BCUT2D eigenvalue weighted by Gasteiger charge is 2.71. The number of benzene rings is 5. The Morgan fingerprint density at radius 3 is 1.94 bits per heavy atom. The molecule has 9 rings (SSSR count). The van der Waals surface area contributed by atoms with Gasteiger partial charge in [0, 0.05) is 81.9 Å². The van der Waals surface area contributed by atoms with E-state index in [1.807, 2.05) is 72.8 Å². The van der Waals surface area contributed by atoms with Gasteiger partial charge in [0.25, 0.3) is 0 Å². The summed E-state index contributed by atoms with van der Waals surface area (Å²) in [5.74, 6) is 0.456. The van der Waals surface area contributed by atoms with E-state index in [9.17, 15) is 4.79 Å². The first-order valence-corrected chi connectivity index (χ1v) is 17.0. The van der Waals surface area contributed by atoms with E-state index in [4.69, 9.17) is 18.9 Å². The molecule has 5 aromatic carbocycles. The number of methoxy groups -OCH3 is 4. The topological polar surface area (TPSA) is 112 Å². The normalized spacial score (nSPS) is 21.9. The number of anilines is 2. The van der Waals surface area contributed by atoms with Crippen molar-refractivity contribution in [3.8, 4) is 23.0 Å². The molecule has 0 saturated carbocycles. The highest BCUT2D eigenvalue weighted by Crippen LogP contribution is 2.69. The van der Waals surface area contributed by atoms with Gasteiger partial charge in [-0.1, -0.05) is 72.8 Å². The summed E-state index contributed by atoms with van der Waals surface area (Å²) in [6, 6.07) is 31.2. The first-order chi connectivity index (χ1) is 25.3. The Morgan fingerprint density at radius 1 is 0.654 bits per heavy atom. The van der Waals surface area contributed by atoms with Gasteiger partial charge in [-0.25, -0.2) is 0 Å². The lowest BCUT2D eigenvalue weighted by Gasteiger charge is -2.51. The van der Waals surface area contributed by atoms with Crippen molar-refractivity contribution in [2.45, 2.75) is 23.3 Å².